The van der Waals surface area contributed by atoms with Gasteiger partial charge < -0.3 is 14.4 Å². The number of ether oxygens (including phenoxy) is 2. The first kappa shape index (κ1) is 21.6. The zero-order valence-corrected chi connectivity index (χ0v) is 18.8. The van der Waals surface area contributed by atoms with Crippen molar-refractivity contribution in [3.05, 3.63) is 34.4 Å². The van der Waals surface area contributed by atoms with Gasteiger partial charge in [0, 0.05) is 45.6 Å². The number of rotatable bonds is 4. The van der Waals surface area contributed by atoms with Crippen LogP contribution in [0.3, 0.4) is 0 Å². The number of aryl methyl sites for hydroxylation is 2. The molecule has 0 unspecified atom stereocenters. The van der Waals surface area contributed by atoms with E-state index in [4.69, 9.17) is 9.47 Å². The maximum Gasteiger partial charge on any atom is 0.410 e. The molecule has 0 spiro atoms. The van der Waals surface area contributed by atoms with Crippen LogP contribution in [-0.4, -0.2) is 59.2 Å². The summed E-state index contributed by atoms with van der Waals surface area (Å²) in [5, 5.41) is 0. The number of carbonyl (C=O) groups is 2. The number of likely N-dealkylation sites (tertiary alicyclic amines) is 2. The Morgan fingerprint density at radius 3 is 2.17 bits per heavy atom. The van der Waals surface area contributed by atoms with Crippen molar-refractivity contribution in [3.63, 3.8) is 0 Å². The first-order chi connectivity index (χ1) is 13.3. The molecule has 0 aliphatic carbocycles. The van der Waals surface area contributed by atoms with Gasteiger partial charge in [0.25, 0.3) is 0 Å². The van der Waals surface area contributed by atoms with Gasteiger partial charge in [0.2, 0.25) is 0 Å². The lowest BCUT2D eigenvalue weighted by Gasteiger charge is -2.47. The van der Waals surface area contributed by atoms with E-state index in [1.165, 1.54) is 29.2 Å². The lowest BCUT2D eigenvalue weighted by atomic mass is 9.84. The maximum atomic E-state index is 12.2. The van der Waals surface area contributed by atoms with Crippen molar-refractivity contribution in [2.45, 2.75) is 72.1 Å². The van der Waals surface area contributed by atoms with Crippen LogP contribution in [0.1, 0.15) is 62.8 Å². The van der Waals surface area contributed by atoms with Crippen LogP contribution < -0.4 is 0 Å². The van der Waals surface area contributed by atoms with Crippen LogP contribution in [0.15, 0.2) is 12.1 Å². The summed E-state index contributed by atoms with van der Waals surface area (Å²) >= 11 is 0. The molecule has 6 heteroatoms. The van der Waals surface area contributed by atoms with Gasteiger partial charge in [0.15, 0.2) is 0 Å². The zero-order chi connectivity index (χ0) is 21.6. The van der Waals surface area contributed by atoms with Crippen molar-refractivity contribution in [1.29, 1.82) is 0 Å². The molecule has 29 heavy (non-hydrogen) atoms. The molecule has 2 aliphatic heterocycles. The van der Waals surface area contributed by atoms with E-state index in [2.05, 4.69) is 30.9 Å². The van der Waals surface area contributed by atoms with Gasteiger partial charge in [-0.1, -0.05) is 12.1 Å². The Hall–Kier alpha value is -2.08. The van der Waals surface area contributed by atoms with Crippen molar-refractivity contribution in [1.82, 2.24) is 9.80 Å². The lowest BCUT2D eigenvalue weighted by molar-refractivity contribution is -0.174. The van der Waals surface area contributed by atoms with E-state index in [9.17, 15) is 9.59 Å². The Kier molecular flexibility index (Phi) is 5.69. The lowest BCUT2D eigenvalue weighted by Crippen LogP contribution is -2.61. The molecule has 0 saturated carbocycles. The van der Waals surface area contributed by atoms with Gasteiger partial charge in [-0.05, 0) is 63.8 Å². The molecule has 6 nitrogen and oxygen atoms in total. The highest BCUT2D eigenvalue weighted by Crippen LogP contribution is 2.34. The summed E-state index contributed by atoms with van der Waals surface area (Å²) in [6, 6.07) is 4.50. The molecule has 2 saturated heterocycles. The van der Waals surface area contributed by atoms with Gasteiger partial charge >= 0.3 is 12.1 Å². The van der Waals surface area contributed by atoms with Gasteiger partial charge in [0.05, 0.1) is 0 Å². The highest BCUT2D eigenvalue weighted by Gasteiger charge is 2.41. The third kappa shape index (κ3) is 5.10. The van der Waals surface area contributed by atoms with Crippen LogP contribution in [-0.2, 0) is 20.8 Å². The van der Waals surface area contributed by atoms with Crippen molar-refractivity contribution < 1.29 is 19.1 Å². The number of esters is 1. The molecule has 0 atom stereocenters. The van der Waals surface area contributed by atoms with Crippen molar-refractivity contribution >= 4 is 12.1 Å². The fourth-order valence-electron chi connectivity index (χ4n) is 4.62. The molecule has 3 rings (SSSR count). The average Bonchev–Trinajstić information content (AvgIpc) is 2.44. The average molecular weight is 403 g/mol. The predicted octanol–water partition coefficient (Wildman–Crippen LogP) is 3.78. The van der Waals surface area contributed by atoms with E-state index in [0.717, 1.165) is 19.6 Å². The van der Waals surface area contributed by atoms with Crippen LogP contribution >= 0.6 is 0 Å². The molecule has 0 N–H and O–H groups in total. The minimum atomic E-state index is -0.460. The quantitative estimate of drug-likeness (QED) is 0.718. The van der Waals surface area contributed by atoms with Crippen LogP contribution in [0.5, 0.6) is 0 Å². The monoisotopic (exact) mass is 402 g/mol. The number of carbonyl (C=O) groups excluding carboxylic acids is 2. The summed E-state index contributed by atoms with van der Waals surface area (Å²) in [6.07, 6.45) is -0.228. The van der Waals surface area contributed by atoms with Crippen molar-refractivity contribution in [2.75, 3.05) is 26.2 Å². The fraction of sp³-hybridized carbons (Fsp3) is 0.652. The smallest absolute Gasteiger partial charge is 0.410 e. The summed E-state index contributed by atoms with van der Waals surface area (Å²) in [6.45, 7) is 17.2. The molecule has 2 fully saturated rings. The van der Waals surface area contributed by atoms with Crippen LogP contribution in [0.2, 0.25) is 0 Å². The molecular formula is C23H34N2O4. The minimum absolute atomic E-state index is 0.218. The number of hydrogen-bond acceptors (Lipinski definition) is 5. The second kappa shape index (κ2) is 7.63. The van der Waals surface area contributed by atoms with E-state index in [-0.39, 0.29) is 17.7 Å². The molecule has 0 aromatic heterocycles. The molecular weight excluding hydrogens is 368 g/mol. The molecule has 0 radical (unpaired) electrons. The van der Waals surface area contributed by atoms with Crippen LogP contribution in [0.25, 0.3) is 0 Å². The van der Waals surface area contributed by atoms with Gasteiger partial charge in [-0.3, -0.25) is 9.69 Å². The highest BCUT2D eigenvalue weighted by molar-refractivity contribution is 5.70. The largest absolute Gasteiger partial charge is 0.457 e. The fourth-order valence-corrected chi connectivity index (χ4v) is 4.62. The Morgan fingerprint density at radius 2 is 1.69 bits per heavy atom. The zero-order valence-electron chi connectivity index (χ0n) is 18.8. The van der Waals surface area contributed by atoms with E-state index >= 15 is 0 Å². The van der Waals surface area contributed by atoms with Crippen LogP contribution in [0.4, 0.5) is 4.79 Å². The number of nitrogens with zero attached hydrogens (tertiary/aromatic N) is 2. The summed E-state index contributed by atoms with van der Waals surface area (Å²) in [4.78, 5) is 27.5. The molecule has 1 aromatic rings. The second-order valence-corrected chi connectivity index (χ2v) is 9.91. The molecule has 2 heterocycles. The highest BCUT2D eigenvalue weighted by atomic mass is 16.6. The topological polar surface area (TPSA) is 59.1 Å². The van der Waals surface area contributed by atoms with E-state index in [0.29, 0.717) is 19.0 Å². The van der Waals surface area contributed by atoms with Gasteiger partial charge in [-0.25, -0.2) is 4.79 Å². The molecule has 160 valence electrons. The molecule has 1 amide bonds. The predicted molar refractivity (Wildman–Crippen MR) is 112 cm³/mol. The molecule has 0 bridgehead atoms. The third-order valence-corrected chi connectivity index (χ3v) is 5.51. The number of hydrogen-bond donors (Lipinski definition) is 0. The Balaban J connectivity index is 1.57. The van der Waals surface area contributed by atoms with E-state index in [1.807, 2.05) is 27.7 Å². The maximum absolute atomic E-state index is 12.2. The second-order valence-electron chi connectivity index (χ2n) is 9.91. The Morgan fingerprint density at radius 1 is 1.14 bits per heavy atom. The normalized spacial score (nSPS) is 19.3. The van der Waals surface area contributed by atoms with Crippen molar-refractivity contribution in [3.8, 4) is 0 Å². The third-order valence-electron chi connectivity index (χ3n) is 5.51. The first-order valence-corrected chi connectivity index (χ1v) is 10.4. The summed E-state index contributed by atoms with van der Waals surface area (Å²) in [7, 11) is 0. The van der Waals surface area contributed by atoms with Gasteiger partial charge in [-0.15, -0.1) is 0 Å². The Labute approximate surface area is 174 Å². The standard InChI is InChI=1S/C23H34N2O4/c1-15-8-18(10-24-13-23(7,14-24)28-17(3)26)9-16(2)20(15)19-11-25(12-19)21(27)29-22(4,5)6/h8-9,19H,10-14H2,1-7H3. The number of benzene rings is 1. The Bertz CT molecular complexity index is 777. The summed E-state index contributed by atoms with van der Waals surface area (Å²) < 4.78 is 10.9. The minimum Gasteiger partial charge on any atom is -0.457 e. The SMILES string of the molecule is CC(=O)OC1(C)CN(Cc2cc(C)c(C3CN(C(=O)OC(C)(C)C)C3)c(C)c2)C1. The van der Waals surface area contributed by atoms with Gasteiger partial charge in [-0.2, -0.15) is 0 Å². The van der Waals surface area contributed by atoms with E-state index < -0.39 is 5.60 Å². The van der Waals surface area contributed by atoms with E-state index in [1.54, 1.807) is 4.90 Å². The van der Waals surface area contributed by atoms with Gasteiger partial charge in [0.1, 0.15) is 11.2 Å². The van der Waals surface area contributed by atoms with Crippen molar-refractivity contribution in [2.24, 2.45) is 0 Å². The summed E-state index contributed by atoms with van der Waals surface area (Å²) in [5.74, 6) is 0.150. The van der Waals surface area contributed by atoms with Crippen LogP contribution in [0, 0.1) is 13.8 Å². The molecule has 1 aromatic carbocycles. The first-order valence-electron chi connectivity index (χ1n) is 10.4. The number of amides is 1. The summed E-state index contributed by atoms with van der Waals surface area (Å²) in [5.41, 5.74) is 4.36. The molecule has 2 aliphatic rings.